The molecule has 7 heteroatoms. The molecule has 1 atom stereocenters. The molecule has 4 rings (SSSR count). The van der Waals surface area contributed by atoms with Crippen LogP contribution in [-0.4, -0.2) is 29.8 Å². The van der Waals surface area contributed by atoms with Crippen molar-refractivity contribution in [1.29, 1.82) is 0 Å². The smallest absolute Gasteiger partial charge is 0.306 e. The number of amides is 3. The van der Waals surface area contributed by atoms with Gasteiger partial charge in [-0.1, -0.05) is 18.2 Å². The molecule has 0 bridgehead atoms. The maximum absolute atomic E-state index is 12.2. The van der Waals surface area contributed by atoms with Crippen LogP contribution < -0.4 is 10.6 Å². The molecule has 0 aromatic heterocycles. The van der Waals surface area contributed by atoms with Gasteiger partial charge >= 0.3 is 5.97 Å². The number of anilines is 1. The topological polar surface area (TPSA) is 102 Å². The minimum atomic E-state index is -0.763. The zero-order valence-electron chi connectivity index (χ0n) is 13.6. The minimum absolute atomic E-state index is 0.244. The second kappa shape index (κ2) is 6.11. The van der Waals surface area contributed by atoms with Gasteiger partial charge in [-0.15, -0.1) is 0 Å². The summed E-state index contributed by atoms with van der Waals surface area (Å²) in [5.41, 5.74) is 2.76. The van der Waals surface area contributed by atoms with Crippen molar-refractivity contribution in [3.8, 4) is 11.1 Å². The average molecular weight is 350 g/mol. The van der Waals surface area contributed by atoms with Gasteiger partial charge in [-0.2, -0.15) is 0 Å². The van der Waals surface area contributed by atoms with Crippen LogP contribution in [0.15, 0.2) is 42.5 Å². The number of ether oxygens (including phenoxy) is 1. The molecule has 2 N–H and O–H groups in total. The molecule has 7 nitrogen and oxygen atoms in total. The fourth-order valence-electron chi connectivity index (χ4n) is 3.06. The Bertz CT molecular complexity index is 966. The first-order valence-electron chi connectivity index (χ1n) is 8.12. The number of esters is 1. The van der Waals surface area contributed by atoms with E-state index in [1.165, 1.54) is 0 Å². The Morgan fingerprint density at radius 2 is 1.77 bits per heavy atom. The number of nitrogens with one attached hydrogen (secondary N) is 2. The van der Waals surface area contributed by atoms with E-state index >= 15 is 0 Å². The van der Waals surface area contributed by atoms with Crippen LogP contribution in [0.25, 0.3) is 11.1 Å². The normalized spacial score (nSPS) is 18.3. The lowest BCUT2D eigenvalue weighted by Gasteiger charge is -2.11. The van der Waals surface area contributed by atoms with Crippen LogP contribution in [0.2, 0.25) is 0 Å². The number of imide groups is 1. The van der Waals surface area contributed by atoms with Gasteiger partial charge in [-0.3, -0.25) is 24.5 Å². The highest BCUT2D eigenvalue weighted by Crippen LogP contribution is 2.27. The van der Waals surface area contributed by atoms with Crippen molar-refractivity contribution in [2.24, 2.45) is 0 Å². The Kier molecular flexibility index (Phi) is 3.76. The molecule has 2 heterocycles. The van der Waals surface area contributed by atoms with Gasteiger partial charge in [0.1, 0.15) is 0 Å². The van der Waals surface area contributed by atoms with E-state index in [0.29, 0.717) is 23.2 Å². The van der Waals surface area contributed by atoms with Crippen molar-refractivity contribution in [3.63, 3.8) is 0 Å². The summed E-state index contributed by atoms with van der Waals surface area (Å²) >= 11 is 0. The summed E-state index contributed by atoms with van der Waals surface area (Å²) in [7, 11) is 0. The Hall–Kier alpha value is -3.48. The van der Waals surface area contributed by atoms with Crippen molar-refractivity contribution in [2.45, 2.75) is 18.9 Å². The van der Waals surface area contributed by atoms with Gasteiger partial charge in [-0.25, -0.2) is 0 Å². The maximum Gasteiger partial charge on any atom is 0.306 e. The van der Waals surface area contributed by atoms with Crippen molar-refractivity contribution in [2.75, 3.05) is 5.32 Å². The summed E-state index contributed by atoms with van der Waals surface area (Å²) in [5.74, 6) is -1.56. The molecule has 0 unspecified atom stereocenters. The molecule has 2 aliphatic heterocycles. The van der Waals surface area contributed by atoms with Gasteiger partial charge in [0.25, 0.3) is 17.7 Å². The van der Waals surface area contributed by atoms with Crippen LogP contribution in [0.3, 0.4) is 0 Å². The zero-order chi connectivity index (χ0) is 18.3. The molecule has 1 fully saturated rings. The monoisotopic (exact) mass is 350 g/mol. The summed E-state index contributed by atoms with van der Waals surface area (Å²) in [6.07, 6.45) is -0.146. The SMILES string of the molecule is O=C1CC[C@@H](C(=O)Nc2cccc(-c3ccc4c(c3)C(=O)NC4=O)c2)O1. The number of benzene rings is 2. The van der Waals surface area contributed by atoms with Crippen LogP contribution in [0.5, 0.6) is 0 Å². The quantitative estimate of drug-likeness (QED) is 0.650. The lowest BCUT2D eigenvalue weighted by Crippen LogP contribution is -2.27. The first-order valence-corrected chi connectivity index (χ1v) is 8.12. The third-order valence-electron chi connectivity index (χ3n) is 4.38. The van der Waals surface area contributed by atoms with E-state index in [1.807, 2.05) is 6.07 Å². The lowest BCUT2D eigenvalue weighted by molar-refractivity contribution is -0.146. The summed E-state index contributed by atoms with van der Waals surface area (Å²) in [5, 5.41) is 4.99. The van der Waals surface area contributed by atoms with Gasteiger partial charge in [0.05, 0.1) is 11.1 Å². The molecule has 0 saturated carbocycles. The van der Waals surface area contributed by atoms with Gasteiger partial charge in [0.15, 0.2) is 6.10 Å². The van der Waals surface area contributed by atoms with Crippen molar-refractivity contribution < 1.29 is 23.9 Å². The number of carbonyl (C=O) groups is 4. The largest absolute Gasteiger partial charge is 0.452 e. The van der Waals surface area contributed by atoms with E-state index in [1.54, 1.807) is 36.4 Å². The highest BCUT2D eigenvalue weighted by Gasteiger charge is 2.30. The number of cyclic esters (lactones) is 1. The third-order valence-corrected chi connectivity index (χ3v) is 4.38. The number of rotatable bonds is 3. The first kappa shape index (κ1) is 16.0. The summed E-state index contributed by atoms with van der Waals surface area (Å²) in [6.45, 7) is 0. The molecule has 0 aliphatic carbocycles. The van der Waals surface area contributed by atoms with Gasteiger partial charge in [-0.05, 0) is 35.4 Å². The molecule has 2 aliphatic rings. The third kappa shape index (κ3) is 2.83. The van der Waals surface area contributed by atoms with Gasteiger partial charge in [0.2, 0.25) is 0 Å². The van der Waals surface area contributed by atoms with Crippen LogP contribution in [0.4, 0.5) is 5.69 Å². The molecular formula is C19H14N2O5. The average Bonchev–Trinajstić information content (AvgIpc) is 3.19. The number of hydrogen-bond donors (Lipinski definition) is 2. The second-order valence-corrected chi connectivity index (χ2v) is 6.13. The van der Waals surface area contributed by atoms with Crippen LogP contribution >= 0.6 is 0 Å². The van der Waals surface area contributed by atoms with Crippen molar-refractivity contribution in [1.82, 2.24) is 5.32 Å². The summed E-state index contributed by atoms with van der Waals surface area (Å²) in [6, 6.07) is 12.1. The number of hydrogen-bond acceptors (Lipinski definition) is 5. The first-order chi connectivity index (χ1) is 12.5. The van der Waals surface area contributed by atoms with Crippen molar-refractivity contribution >= 4 is 29.4 Å². The predicted octanol–water partition coefficient (Wildman–Crippen LogP) is 1.88. The molecule has 1 saturated heterocycles. The molecule has 0 radical (unpaired) electrons. The minimum Gasteiger partial charge on any atom is -0.452 e. The fourth-order valence-corrected chi connectivity index (χ4v) is 3.06. The second-order valence-electron chi connectivity index (χ2n) is 6.13. The van der Waals surface area contributed by atoms with E-state index in [2.05, 4.69) is 10.6 Å². The number of fused-ring (bicyclic) bond motifs is 1. The zero-order valence-corrected chi connectivity index (χ0v) is 13.6. The molecule has 130 valence electrons. The van der Waals surface area contributed by atoms with Gasteiger partial charge < -0.3 is 10.1 Å². The van der Waals surface area contributed by atoms with Crippen LogP contribution in [-0.2, 0) is 14.3 Å². The molecule has 2 aromatic carbocycles. The van der Waals surface area contributed by atoms with E-state index in [4.69, 9.17) is 4.74 Å². The highest BCUT2D eigenvalue weighted by molar-refractivity contribution is 6.21. The highest BCUT2D eigenvalue weighted by atomic mass is 16.6. The van der Waals surface area contributed by atoms with Crippen LogP contribution in [0, 0.1) is 0 Å². The Morgan fingerprint density at radius 1 is 1.00 bits per heavy atom. The Labute approximate surface area is 148 Å². The summed E-state index contributed by atoms with van der Waals surface area (Å²) < 4.78 is 4.96. The molecule has 0 spiro atoms. The van der Waals surface area contributed by atoms with E-state index in [-0.39, 0.29) is 18.3 Å². The van der Waals surface area contributed by atoms with Crippen LogP contribution in [0.1, 0.15) is 33.6 Å². The summed E-state index contributed by atoms with van der Waals surface area (Å²) in [4.78, 5) is 46.7. The molecular weight excluding hydrogens is 336 g/mol. The van der Waals surface area contributed by atoms with E-state index in [0.717, 1.165) is 11.1 Å². The maximum atomic E-state index is 12.2. The standard InChI is InChI=1S/C19H14N2O5/c22-16-7-6-15(26-16)19(25)20-12-3-1-2-10(8-12)11-4-5-13-14(9-11)18(24)21-17(13)23/h1-5,8-9,15H,6-7H2,(H,20,25)(H,21,23,24)/t15-/m0/s1. The number of carbonyl (C=O) groups excluding carboxylic acids is 4. The molecule has 3 amide bonds. The Balaban J connectivity index is 1.57. The molecule has 26 heavy (non-hydrogen) atoms. The lowest BCUT2D eigenvalue weighted by atomic mass is 10.00. The van der Waals surface area contributed by atoms with E-state index in [9.17, 15) is 19.2 Å². The predicted molar refractivity (Wildman–Crippen MR) is 91.4 cm³/mol. The Morgan fingerprint density at radius 3 is 2.54 bits per heavy atom. The van der Waals surface area contributed by atoms with Crippen molar-refractivity contribution in [3.05, 3.63) is 53.6 Å². The fraction of sp³-hybridized carbons (Fsp3) is 0.158. The van der Waals surface area contributed by atoms with Gasteiger partial charge in [0, 0.05) is 18.5 Å². The van der Waals surface area contributed by atoms with E-state index < -0.39 is 17.9 Å². The molecule has 2 aromatic rings.